The third-order valence-corrected chi connectivity index (χ3v) is 2.81. The molecule has 0 aliphatic carbocycles. The number of nitrogens with one attached hydrogen (secondary N) is 2. The largest absolute Gasteiger partial charge is 0.323 e. The van der Waals surface area contributed by atoms with Gasteiger partial charge in [0.15, 0.2) is 0 Å². The molecule has 9 heteroatoms. The van der Waals surface area contributed by atoms with Crippen LogP contribution < -0.4 is 10.6 Å². The highest BCUT2D eigenvalue weighted by Gasteiger charge is 2.09. The van der Waals surface area contributed by atoms with Gasteiger partial charge in [0.25, 0.3) is 0 Å². The van der Waals surface area contributed by atoms with Crippen LogP contribution in [0.15, 0.2) is 49.3 Å². The van der Waals surface area contributed by atoms with Crippen molar-refractivity contribution in [2.45, 2.75) is 0 Å². The zero-order valence-corrected chi connectivity index (χ0v) is 11.6. The molecule has 23 heavy (non-hydrogen) atoms. The molecule has 0 saturated carbocycles. The Morgan fingerprint density at radius 2 is 1.91 bits per heavy atom. The van der Waals surface area contributed by atoms with E-state index in [9.17, 15) is 13.6 Å². The van der Waals surface area contributed by atoms with E-state index in [1.807, 2.05) is 0 Å². The molecular formula is C14H10F2N6O. The predicted octanol–water partition coefficient (Wildman–Crippen LogP) is 2.58. The van der Waals surface area contributed by atoms with Gasteiger partial charge in [0.1, 0.15) is 18.0 Å². The van der Waals surface area contributed by atoms with E-state index in [2.05, 4.69) is 25.6 Å². The first kappa shape index (κ1) is 14.6. The average Bonchev–Trinajstić information content (AvgIpc) is 3.06. The molecule has 2 aromatic heterocycles. The van der Waals surface area contributed by atoms with Crippen molar-refractivity contribution in [2.24, 2.45) is 0 Å². The van der Waals surface area contributed by atoms with Gasteiger partial charge in [-0.15, -0.1) is 0 Å². The number of carbonyl (C=O) groups is 1. The quantitative estimate of drug-likeness (QED) is 0.778. The molecular weight excluding hydrogens is 306 g/mol. The molecule has 0 aliphatic rings. The maximum atomic E-state index is 13.4. The van der Waals surface area contributed by atoms with Crippen LogP contribution in [0.3, 0.4) is 0 Å². The van der Waals surface area contributed by atoms with Crippen LogP contribution in [0.1, 0.15) is 0 Å². The van der Waals surface area contributed by atoms with Crippen LogP contribution >= 0.6 is 0 Å². The van der Waals surface area contributed by atoms with Gasteiger partial charge in [-0.25, -0.2) is 28.5 Å². The van der Waals surface area contributed by atoms with E-state index in [0.717, 1.165) is 18.2 Å². The summed E-state index contributed by atoms with van der Waals surface area (Å²) in [5.41, 5.74) is 0.0293. The van der Waals surface area contributed by atoms with E-state index in [4.69, 9.17) is 0 Å². The Labute approximate surface area is 129 Å². The lowest BCUT2D eigenvalue weighted by Gasteiger charge is -2.08. The molecule has 0 fully saturated rings. The minimum atomic E-state index is -0.742. The second kappa shape index (κ2) is 6.18. The fourth-order valence-corrected chi connectivity index (χ4v) is 1.77. The van der Waals surface area contributed by atoms with Crippen molar-refractivity contribution in [1.29, 1.82) is 0 Å². The molecule has 7 nitrogen and oxygen atoms in total. The van der Waals surface area contributed by atoms with Gasteiger partial charge in [0.2, 0.25) is 5.95 Å². The normalized spacial score (nSPS) is 10.3. The van der Waals surface area contributed by atoms with Crippen LogP contribution in [-0.4, -0.2) is 25.6 Å². The number of amides is 2. The number of aromatic nitrogens is 4. The summed E-state index contributed by atoms with van der Waals surface area (Å²) in [6.07, 6.45) is 7.54. The molecule has 0 saturated heterocycles. The summed E-state index contributed by atoms with van der Waals surface area (Å²) in [5, 5.41) is 4.63. The van der Waals surface area contributed by atoms with Crippen molar-refractivity contribution in [3.8, 4) is 5.95 Å². The highest BCUT2D eigenvalue weighted by molar-refractivity contribution is 5.99. The number of hydrogen-bond acceptors (Lipinski definition) is 4. The summed E-state index contributed by atoms with van der Waals surface area (Å²) in [4.78, 5) is 23.7. The number of benzene rings is 1. The highest BCUT2D eigenvalue weighted by atomic mass is 19.1. The van der Waals surface area contributed by atoms with Gasteiger partial charge in [-0.2, -0.15) is 0 Å². The molecule has 0 radical (unpaired) electrons. The summed E-state index contributed by atoms with van der Waals surface area (Å²) >= 11 is 0. The summed E-state index contributed by atoms with van der Waals surface area (Å²) in [7, 11) is 0. The van der Waals surface area contributed by atoms with Crippen LogP contribution in [0.25, 0.3) is 5.95 Å². The molecule has 116 valence electrons. The number of urea groups is 1. The Bertz CT molecular complexity index is 820. The minimum Gasteiger partial charge on any atom is -0.305 e. The Hall–Kier alpha value is -3.36. The van der Waals surface area contributed by atoms with Crippen LogP contribution in [0.4, 0.5) is 25.0 Å². The van der Waals surface area contributed by atoms with Crippen molar-refractivity contribution in [3.05, 3.63) is 60.9 Å². The molecule has 0 atom stereocenters. The minimum absolute atomic E-state index is 0.265. The number of rotatable bonds is 3. The maximum Gasteiger partial charge on any atom is 0.323 e. The third kappa shape index (κ3) is 3.46. The first-order valence-electron chi connectivity index (χ1n) is 6.45. The molecule has 1 aromatic carbocycles. The lowest BCUT2D eigenvalue weighted by molar-refractivity contribution is 0.262. The molecule has 2 amide bonds. The molecule has 2 heterocycles. The molecule has 0 bridgehead atoms. The van der Waals surface area contributed by atoms with Crippen LogP contribution in [-0.2, 0) is 0 Å². The number of hydrogen-bond donors (Lipinski definition) is 2. The predicted molar refractivity (Wildman–Crippen MR) is 78.2 cm³/mol. The van der Waals surface area contributed by atoms with E-state index >= 15 is 0 Å². The van der Waals surface area contributed by atoms with Crippen molar-refractivity contribution in [3.63, 3.8) is 0 Å². The second-order valence-corrected chi connectivity index (χ2v) is 4.44. The summed E-state index contributed by atoms with van der Waals surface area (Å²) in [6.45, 7) is 0. The van der Waals surface area contributed by atoms with Crippen molar-refractivity contribution >= 4 is 17.4 Å². The monoisotopic (exact) mass is 316 g/mol. The zero-order valence-electron chi connectivity index (χ0n) is 11.6. The van der Waals surface area contributed by atoms with E-state index in [1.165, 1.54) is 18.7 Å². The standard InChI is InChI=1S/C14H10F2N6O/c15-9-1-2-11(16)12(5-9)21-14(23)20-10-6-18-13(19-7-10)22-4-3-17-8-22/h1-8H,(H2,20,21,23). The van der Waals surface area contributed by atoms with Crippen molar-refractivity contribution in [1.82, 2.24) is 19.5 Å². The van der Waals surface area contributed by atoms with Crippen molar-refractivity contribution in [2.75, 3.05) is 10.6 Å². The molecule has 0 aliphatic heterocycles. The lowest BCUT2D eigenvalue weighted by atomic mass is 10.3. The highest BCUT2D eigenvalue weighted by Crippen LogP contribution is 2.15. The number of carbonyl (C=O) groups excluding carboxylic acids is 1. The Morgan fingerprint density at radius 1 is 1.13 bits per heavy atom. The van der Waals surface area contributed by atoms with Gasteiger partial charge in [-0.3, -0.25) is 4.57 Å². The van der Waals surface area contributed by atoms with Gasteiger partial charge in [-0.05, 0) is 12.1 Å². The number of halogens is 2. The fourth-order valence-electron chi connectivity index (χ4n) is 1.77. The van der Waals surface area contributed by atoms with Crippen LogP contribution in [0, 0.1) is 11.6 Å². The SMILES string of the molecule is O=C(Nc1cnc(-n2ccnc2)nc1)Nc1cc(F)ccc1F. The molecule has 0 spiro atoms. The topological polar surface area (TPSA) is 84.7 Å². The van der Waals surface area contributed by atoms with E-state index < -0.39 is 17.7 Å². The molecule has 2 N–H and O–H groups in total. The Kier molecular flexibility index (Phi) is 3.91. The van der Waals surface area contributed by atoms with E-state index in [0.29, 0.717) is 11.6 Å². The molecule has 0 unspecified atom stereocenters. The Balaban J connectivity index is 1.67. The second-order valence-electron chi connectivity index (χ2n) is 4.44. The van der Waals surface area contributed by atoms with E-state index in [-0.39, 0.29) is 5.69 Å². The molecule has 3 rings (SSSR count). The first-order chi connectivity index (χ1) is 11.1. The Morgan fingerprint density at radius 3 is 2.61 bits per heavy atom. The van der Waals surface area contributed by atoms with E-state index in [1.54, 1.807) is 17.0 Å². The van der Waals surface area contributed by atoms with Gasteiger partial charge >= 0.3 is 6.03 Å². The van der Waals surface area contributed by atoms with Gasteiger partial charge in [0.05, 0.1) is 23.8 Å². The summed E-state index contributed by atoms with van der Waals surface area (Å²) in [6, 6.07) is 2.02. The third-order valence-electron chi connectivity index (χ3n) is 2.81. The molecule has 3 aromatic rings. The lowest BCUT2D eigenvalue weighted by Crippen LogP contribution is -2.20. The summed E-state index contributed by atoms with van der Waals surface area (Å²) < 4.78 is 28.1. The van der Waals surface area contributed by atoms with Gasteiger partial charge < -0.3 is 10.6 Å². The van der Waals surface area contributed by atoms with Gasteiger partial charge in [0, 0.05) is 18.5 Å². The van der Waals surface area contributed by atoms with Crippen LogP contribution in [0.5, 0.6) is 0 Å². The maximum absolute atomic E-state index is 13.4. The van der Waals surface area contributed by atoms with Crippen molar-refractivity contribution < 1.29 is 13.6 Å². The fraction of sp³-hybridized carbons (Fsp3) is 0. The van der Waals surface area contributed by atoms with Gasteiger partial charge in [-0.1, -0.05) is 0 Å². The number of imidazole rings is 1. The smallest absolute Gasteiger partial charge is 0.305 e. The summed E-state index contributed by atoms with van der Waals surface area (Å²) in [5.74, 6) is -1.02. The number of anilines is 2. The van der Waals surface area contributed by atoms with Crippen LogP contribution in [0.2, 0.25) is 0 Å². The average molecular weight is 316 g/mol. The first-order valence-corrected chi connectivity index (χ1v) is 6.45. The zero-order chi connectivity index (χ0) is 16.2. The number of nitrogens with zero attached hydrogens (tertiary/aromatic N) is 4.